The normalized spacial score (nSPS) is 23.7. The summed E-state index contributed by atoms with van der Waals surface area (Å²) in [5, 5.41) is 11.5. The molecule has 0 spiro atoms. The van der Waals surface area contributed by atoms with Crippen molar-refractivity contribution in [3.05, 3.63) is 0 Å². The third-order valence-electron chi connectivity index (χ3n) is 3.39. The molecular weight excluding hydrogens is 252 g/mol. The number of esters is 1. The Morgan fingerprint density at radius 2 is 2.11 bits per heavy atom. The van der Waals surface area contributed by atoms with Crippen LogP contribution < -0.4 is 11.1 Å². The fraction of sp³-hybridized carbons (Fsp3) is 0.750. The van der Waals surface area contributed by atoms with Gasteiger partial charge in [0.1, 0.15) is 6.04 Å². The van der Waals surface area contributed by atoms with Gasteiger partial charge in [0, 0.05) is 12.5 Å². The van der Waals surface area contributed by atoms with Gasteiger partial charge in [0.15, 0.2) is 0 Å². The lowest BCUT2D eigenvalue weighted by atomic mass is 10.0. The monoisotopic (exact) mass is 272 g/mol. The standard InChI is InChI=1S/C12H20N2O5/c1-19-10(15)6-5-9(12(17)18)14-11(16)7-3-2-4-8(7)13/h7-9H,2-6,13H2,1H3,(H,14,16)(H,17,18)/t7?,8?,9-/m1/s1. The maximum absolute atomic E-state index is 11.9. The molecule has 3 atom stereocenters. The molecular formula is C12H20N2O5. The molecule has 0 aromatic carbocycles. The quantitative estimate of drug-likeness (QED) is 0.568. The number of methoxy groups -OCH3 is 1. The van der Waals surface area contributed by atoms with Crippen molar-refractivity contribution in [1.29, 1.82) is 0 Å². The predicted molar refractivity (Wildman–Crippen MR) is 66.1 cm³/mol. The number of nitrogens with two attached hydrogens (primary N) is 1. The first-order valence-electron chi connectivity index (χ1n) is 6.31. The van der Waals surface area contributed by atoms with Gasteiger partial charge in [0.05, 0.1) is 13.0 Å². The number of carboxylic acids is 1. The van der Waals surface area contributed by atoms with E-state index in [9.17, 15) is 14.4 Å². The van der Waals surface area contributed by atoms with Gasteiger partial charge in [0.25, 0.3) is 0 Å². The zero-order valence-electron chi connectivity index (χ0n) is 10.9. The minimum absolute atomic E-state index is 0.00963. The average molecular weight is 272 g/mol. The summed E-state index contributed by atoms with van der Waals surface area (Å²) < 4.78 is 4.44. The highest BCUT2D eigenvalue weighted by atomic mass is 16.5. The summed E-state index contributed by atoms with van der Waals surface area (Å²) in [4.78, 5) is 33.9. The molecule has 0 aliphatic heterocycles. The molecule has 1 fully saturated rings. The van der Waals surface area contributed by atoms with E-state index in [0.29, 0.717) is 6.42 Å². The second kappa shape index (κ2) is 7.08. The van der Waals surface area contributed by atoms with E-state index in [1.807, 2.05) is 0 Å². The van der Waals surface area contributed by atoms with Gasteiger partial charge in [-0.15, -0.1) is 0 Å². The molecule has 7 nitrogen and oxygen atoms in total. The number of amides is 1. The highest BCUT2D eigenvalue weighted by Crippen LogP contribution is 2.24. The molecule has 1 saturated carbocycles. The second-order valence-corrected chi connectivity index (χ2v) is 4.72. The Hall–Kier alpha value is -1.63. The summed E-state index contributed by atoms with van der Waals surface area (Å²) in [6.07, 6.45) is 2.29. The fourth-order valence-corrected chi connectivity index (χ4v) is 2.21. The van der Waals surface area contributed by atoms with Crippen molar-refractivity contribution in [3.8, 4) is 0 Å². The van der Waals surface area contributed by atoms with E-state index in [2.05, 4.69) is 10.1 Å². The molecule has 0 aromatic rings. The molecule has 2 unspecified atom stereocenters. The van der Waals surface area contributed by atoms with Crippen LogP contribution in [-0.2, 0) is 19.1 Å². The first-order valence-corrected chi connectivity index (χ1v) is 6.31. The topological polar surface area (TPSA) is 119 Å². The first-order chi connectivity index (χ1) is 8.95. The van der Waals surface area contributed by atoms with Crippen molar-refractivity contribution in [2.75, 3.05) is 7.11 Å². The van der Waals surface area contributed by atoms with Crippen LogP contribution in [0, 0.1) is 5.92 Å². The molecule has 0 saturated heterocycles. The van der Waals surface area contributed by atoms with E-state index in [-0.39, 0.29) is 30.7 Å². The van der Waals surface area contributed by atoms with Crippen LogP contribution in [0.2, 0.25) is 0 Å². The lowest BCUT2D eigenvalue weighted by Crippen LogP contribution is -2.46. The van der Waals surface area contributed by atoms with Crippen LogP contribution in [0.4, 0.5) is 0 Å². The molecule has 7 heteroatoms. The molecule has 19 heavy (non-hydrogen) atoms. The summed E-state index contributed by atoms with van der Waals surface area (Å²) >= 11 is 0. The van der Waals surface area contributed by atoms with Crippen LogP contribution >= 0.6 is 0 Å². The van der Waals surface area contributed by atoms with Crippen LogP contribution in [0.1, 0.15) is 32.1 Å². The Morgan fingerprint density at radius 3 is 2.58 bits per heavy atom. The van der Waals surface area contributed by atoms with Crippen molar-refractivity contribution < 1.29 is 24.2 Å². The minimum Gasteiger partial charge on any atom is -0.480 e. The number of carbonyl (C=O) groups excluding carboxylic acids is 2. The van der Waals surface area contributed by atoms with Gasteiger partial charge in [-0.1, -0.05) is 6.42 Å². The van der Waals surface area contributed by atoms with E-state index in [4.69, 9.17) is 10.8 Å². The molecule has 4 N–H and O–H groups in total. The van der Waals surface area contributed by atoms with E-state index in [0.717, 1.165) is 12.8 Å². The Morgan fingerprint density at radius 1 is 1.42 bits per heavy atom. The van der Waals surface area contributed by atoms with Gasteiger partial charge in [-0.3, -0.25) is 9.59 Å². The largest absolute Gasteiger partial charge is 0.480 e. The highest BCUT2D eigenvalue weighted by Gasteiger charge is 2.32. The molecule has 0 bridgehead atoms. The lowest BCUT2D eigenvalue weighted by Gasteiger charge is -2.19. The first kappa shape index (κ1) is 15.4. The van der Waals surface area contributed by atoms with Crippen molar-refractivity contribution in [2.24, 2.45) is 11.7 Å². The van der Waals surface area contributed by atoms with Crippen molar-refractivity contribution in [2.45, 2.75) is 44.2 Å². The van der Waals surface area contributed by atoms with Crippen LogP contribution in [0.5, 0.6) is 0 Å². The van der Waals surface area contributed by atoms with Crippen molar-refractivity contribution in [3.63, 3.8) is 0 Å². The van der Waals surface area contributed by atoms with E-state index >= 15 is 0 Å². The zero-order valence-corrected chi connectivity index (χ0v) is 10.9. The summed E-state index contributed by atoms with van der Waals surface area (Å²) in [6, 6.07) is -1.30. The van der Waals surface area contributed by atoms with Gasteiger partial charge in [-0.05, 0) is 19.3 Å². The highest BCUT2D eigenvalue weighted by molar-refractivity contribution is 5.86. The molecule has 0 heterocycles. The molecule has 0 radical (unpaired) electrons. The van der Waals surface area contributed by atoms with E-state index in [1.165, 1.54) is 7.11 Å². The number of carbonyl (C=O) groups is 3. The van der Waals surface area contributed by atoms with Crippen LogP contribution in [0.25, 0.3) is 0 Å². The minimum atomic E-state index is -1.16. The molecule has 1 aliphatic carbocycles. The second-order valence-electron chi connectivity index (χ2n) is 4.72. The number of ether oxygens (including phenoxy) is 1. The van der Waals surface area contributed by atoms with Gasteiger partial charge in [0.2, 0.25) is 5.91 Å². The molecule has 1 amide bonds. The number of rotatable bonds is 6. The number of aliphatic carboxylic acids is 1. The maximum atomic E-state index is 11.9. The third kappa shape index (κ3) is 4.51. The average Bonchev–Trinajstić information content (AvgIpc) is 2.79. The number of hydrogen-bond donors (Lipinski definition) is 3. The summed E-state index contributed by atoms with van der Waals surface area (Å²) in [5.41, 5.74) is 5.79. The van der Waals surface area contributed by atoms with Gasteiger partial charge >= 0.3 is 11.9 Å². The van der Waals surface area contributed by atoms with E-state index < -0.39 is 18.0 Å². The predicted octanol–water partition coefficient (Wildman–Crippen LogP) is -0.364. The summed E-state index contributed by atoms with van der Waals surface area (Å²) in [7, 11) is 1.23. The number of nitrogens with one attached hydrogen (secondary N) is 1. The van der Waals surface area contributed by atoms with Crippen LogP contribution in [0.15, 0.2) is 0 Å². The molecule has 1 aliphatic rings. The smallest absolute Gasteiger partial charge is 0.326 e. The lowest BCUT2D eigenvalue weighted by molar-refractivity contribution is -0.144. The molecule has 0 aromatic heterocycles. The summed E-state index contributed by atoms with van der Waals surface area (Å²) in [6.45, 7) is 0. The Labute approximate surface area is 111 Å². The molecule has 1 rings (SSSR count). The van der Waals surface area contributed by atoms with E-state index in [1.54, 1.807) is 0 Å². The van der Waals surface area contributed by atoms with Gasteiger partial charge < -0.3 is 20.9 Å². The Kier molecular flexibility index (Phi) is 5.75. The third-order valence-corrected chi connectivity index (χ3v) is 3.39. The molecule has 108 valence electrons. The van der Waals surface area contributed by atoms with Crippen LogP contribution in [-0.4, -0.2) is 42.1 Å². The van der Waals surface area contributed by atoms with Gasteiger partial charge in [-0.2, -0.15) is 0 Å². The Balaban J connectivity index is 2.51. The van der Waals surface area contributed by atoms with Crippen molar-refractivity contribution >= 4 is 17.8 Å². The maximum Gasteiger partial charge on any atom is 0.326 e. The fourth-order valence-electron chi connectivity index (χ4n) is 2.21. The SMILES string of the molecule is COC(=O)CC[C@@H](NC(=O)C1CCCC1N)C(=O)O. The van der Waals surface area contributed by atoms with Gasteiger partial charge in [-0.25, -0.2) is 4.79 Å². The van der Waals surface area contributed by atoms with Crippen LogP contribution in [0.3, 0.4) is 0 Å². The Bertz CT molecular complexity index is 358. The zero-order chi connectivity index (χ0) is 14.4. The number of carboxylic acid groups (broad SMARTS) is 1. The summed E-state index contributed by atoms with van der Waals surface area (Å²) in [5.74, 6) is -2.34. The van der Waals surface area contributed by atoms with Crippen molar-refractivity contribution in [1.82, 2.24) is 5.32 Å². The number of hydrogen-bond acceptors (Lipinski definition) is 5.